The number of aromatic nitrogens is 1. The van der Waals surface area contributed by atoms with Crippen LogP contribution >= 0.6 is 0 Å². The molecule has 1 heterocycles. The lowest BCUT2D eigenvalue weighted by Gasteiger charge is -2.20. The molecule has 1 N–H and O–H groups in total. The Morgan fingerprint density at radius 1 is 1.07 bits per heavy atom. The molecular formula is C19H17N2O5S-. The summed E-state index contributed by atoms with van der Waals surface area (Å²) in [5, 5.41) is 11.0. The first kappa shape index (κ1) is 18.7. The molecule has 140 valence electrons. The Kier molecular flexibility index (Phi) is 4.52. The van der Waals surface area contributed by atoms with Crippen LogP contribution < -0.4 is 14.8 Å². The van der Waals surface area contributed by atoms with Crippen LogP contribution in [0.25, 0.3) is 10.9 Å². The van der Waals surface area contributed by atoms with Crippen molar-refractivity contribution in [3.63, 3.8) is 0 Å². The van der Waals surface area contributed by atoms with E-state index in [4.69, 9.17) is 0 Å². The third kappa shape index (κ3) is 3.19. The van der Waals surface area contributed by atoms with Crippen molar-refractivity contribution in [1.82, 2.24) is 4.98 Å². The van der Waals surface area contributed by atoms with Crippen LogP contribution in [0, 0.1) is 13.8 Å². The average molecular weight is 385 g/mol. The highest BCUT2D eigenvalue weighted by atomic mass is 32.2. The molecule has 7 nitrogen and oxygen atoms in total. The Bertz CT molecular complexity index is 1230. The molecule has 0 radical (unpaired) electrons. The molecule has 3 rings (SSSR count). The minimum atomic E-state index is -3.95. The second-order valence-corrected chi connectivity index (χ2v) is 8.24. The maximum Gasteiger partial charge on any atom is 0.264 e. The van der Waals surface area contributed by atoms with Gasteiger partial charge in [-0.3, -0.25) is 9.10 Å². The van der Waals surface area contributed by atoms with Crippen LogP contribution in [0.4, 0.5) is 5.69 Å². The molecule has 0 saturated heterocycles. The number of benzene rings is 2. The maximum absolute atomic E-state index is 13.0. The molecule has 0 bridgehead atoms. The van der Waals surface area contributed by atoms with E-state index in [1.54, 1.807) is 12.1 Å². The summed E-state index contributed by atoms with van der Waals surface area (Å²) in [5.41, 5.74) is 1.45. The third-order valence-electron chi connectivity index (χ3n) is 4.58. The Hall–Kier alpha value is -3.13. The molecule has 0 fully saturated rings. The van der Waals surface area contributed by atoms with Gasteiger partial charge < -0.3 is 14.9 Å². The third-order valence-corrected chi connectivity index (χ3v) is 6.37. The summed E-state index contributed by atoms with van der Waals surface area (Å²) in [4.78, 5) is 25.9. The standard InChI is InChI=1S/C19H18N2O5S/c1-11-4-5-13(8-12(11)2)21(3)27(25,26)14-6-7-17-15(9-14)18(22)16(10-20-17)19(23)24/h4-10H,1-3H3,(H,20,22)(H,23,24)/p-1. The predicted octanol–water partition coefficient (Wildman–Crippen LogP) is 1.33. The van der Waals surface area contributed by atoms with Crippen molar-refractivity contribution in [3.8, 4) is 0 Å². The summed E-state index contributed by atoms with van der Waals surface area (Å²) in [6.45, 7) is 3.81. The Morgan fingerprint density at radius 2 is 1.78 bits per heavy atom. The number of carbonyl (C=O) groups excluding carboxylic acids is 1. The lowest BCUT2D eigenvalue weighted by Crippen LogP contribution is -2.29. The highest BCUT2D eigenvalue weighted by Crippen LogP contribution is 2.25. The smallest absolute Gasteiger partial charge is 0.264 e. The molecule has 2 aromatic carbocycles. The molecule has 27 heavy (non-hydrogen) atoms. The highest BCUT2D eigenvalue weighted by molar-refractivity contribution is 7.92. The van der Waals surface area contributed by atoms with E-state index in [1.165, 1.54) is 25.2 Å². The average Bonchev–Trinajstić information content (AvgIpc) is 2.63. The van der Waals surface area contributed by atoms with Gasteiger partial charge in [-0.05, 0) is 55.3 Å². The first-order valence-electron chi connectivity index (χ1n) is 8.06. The number of hydrogen-bond acceptors (Lipinski definition) is 5. The Labute approximate surface area is 155 Å². The fourth-order valence-corrected chi connectivity index (χ4v) is 3.94. The number of carboxylic acids is 1. The van der Waals surface area contributed by atoms with Gasteiger partial charge in [-0.15, -0.1) is 0 Å². The summed E-state index contributed by atoms with van der Waals surface area (Å²) in [5.74, 6) is -1.63. The summed E-state index contributed by atoms with van der Waals surface area (Å²) >= 11 is 0. The van der Waals surface area contributed by atoms with Crippen molar-refractivity contribution >= 4 is 32.6 Å². The number of H-pyrrole nitrogens is 1. The number of fused-ring (bicyclic) bond motifs is 1. The summed E-state index contributed by atoms with van der Waals surface area (Å²) in [6, 6.07) is 9.25. The summed E-state index contributed by atoms with van der Waals surface area (Å²) in [7, 11) is -2.52. The van der Waals surface area contributed by atoms with E-state index < -0.39 is 27.0 Å². The minimum absolute atomic E-state index is 0.0359. The lowest BCUT2D eigenvalue weighted by atomic mass is 10.1. The fraction of sp³-hybridized carbons (Fsp3) is 0.158. The molecule has 0 aliphatic heterocycles. The quantitative estimate of drug-likeness (QED) is 0.728. The molecule has 0 aliphatic carbocycles. The zero-order chi connectivity index (χ0) is 19.9. The van der Waals surface area contributed by atoms with Crippen LogP contribution in [-0.2, 0) is 10.0 Å². The van der Waals surface area contributed by atoms with Gasteiger partial charge in [-0.1, -0.05) is 6.07 Å². The molecule has 1 aromatic heterocycles. The van der Waals surface area contributed by atoms with Crippen LogP contribution in [0.2, 0.25) is 0 Å². The van der Waals surface area contributed by atoms with Crippen molar-refractivity contribution in [2.24, 2.45) is 0 Å². The van der Waals surface area contributed by atoms with Gasteiger partial charge in [0.2, 0.25) is 0 Å². The number of nitrogens with one attached hydrogen (secondary N) is 1. The van der Waals surface area contributed by atoms with E-state index in [9.17, 15) is 23.1 Å². The van der Waals surface area contributed by atoms with Crippen molar-refractivity contribution in [3.05, 3.63) is 69.5 Å². The van der Waals surface area contributed by atoms with Gasteiger partial charge in [-0.2, -0.15) is 0 Å². The van der Waals surface area contributed by atoms with Gasteiger partial charge in [0.25, 0.3) is 10.0 Å². The number of sulfonamides is 1. The van der Waals surface area contributed by atoms with E-state index in [1.807, 2.05) is 19.9 Å². The van der Waals surface area contributed by atoms with Crippen molar-refractivity contribution in [1.29, 1.82) is 0 Å². The number of carbonyl (C=O) groups is 1. The van der Waals surface area contributed by atoms with Gasteiger partial charge >= 0.3 is 0 Å². The first-order valence-corrected chi connectivity index (χ1v) is 9.50. The maximum atomic E-state index is 13.0. The topological polar surface area (TPSA) is 110 Å². The monoisotopic (exact) mass is 385 g/mol. The van der Waals surface area contributed by atoms with Crippen molar-refractivity contribution < 1.29 is 18.3 Å². The molecule has 3 aromatic rings. The minimum Gasteiger partial charge on any atom is -0.545 e. The Balaban J connectivity index is 2.14. The van der Waals surface area contributed by atoms with Crippen molar-refractivity contribution in [2.45, 2.75) is 18.7 Å². The molecule has 0 unspecified atom stereocenters. The highest BCUT2D eigenvalue weighted by Gasteiger charge is 2.22. The Morgan fingerprint density at radius 3 is 2.41 bits per heavy atom. The number of aromatic carboxylic acids is 1. The summed E-state index contributed by atoms with van der Waals surface area (Å²) < 4.78 is 27.1. The van der Waals surface area contributed by atoms with Crippen LogP contribution in [0.3, 0.4) is 0 Å². The number of aromatic amines is 1. The van der Waals surface area contributed by atoms with Crippen LogP contribution in [-0.4, -0.2) is 26.4 Å². The molecule has 0 aliphatic rings. The first-order chi connectivity index (χ1) is 12.6. The fourth-order valence-electron chi connectivity index (χ4n) is 2.73. The van der Waals surface area contributed by atoms with Crippen molar-refractivity contribution in [2.75, 3.05) is 11.4 Å². The van der Waals surface area contributed by atoms with Gasteiger partial charge in [0.15, 0.2) is 5.43 Å². The number of aryl methyl sites for hydroxylation is 2. The molecule has 0 amide bonds. The molecule has 8 heteroatoms. The van der Waals surface area contributed by atoms with E-state index in [-0.39, 0.29) is 10.3 Å². The normalized spacial score (nSPS) is 11.5. The SMILES string of the molecule is Cc1ccc(N(C)S(=O)(=O)c2ccc3[nH]cc(C(=O)[O-])c(=O)c3c2)cc1C. The number of anilines is 1. The lowest BCUT2D eigenvalue weighted by molar-refractivity contribution is -0.255. The number of pyridine rings is 1. The largest absolute Gasteiger partial charge is 0.545 e. The second-order valence-electron chi connectivity index (χ2n) is 6.27. The van der Waals surface area contributed by atoms with Gasteiger partial charge in [0, 0.05) is 24.1 Å². The number of hydrogen-bond donors (Lipinski definition) is 1. The zero-order valence-corrected chi connectivity index (χ0v) is 15.8. The van der Waals surface area contributed by atoms with E-state index >= 15 is 0 Å². The van der Waals surface area contributed by atoms with E-state index in [2.05, 4.69) is 4.98 Å². The van der Waals surface area contributed by atoms with Gasteiger partial charge in [0.1, 0.15) is 0 Å². The molecular weight excluding hydrogens is 368 g/mol. The van der Waals surface area contributed by atoms with Gasteiger partial charge in [0.05, 0.1) is 22.1 Å². The number of carboxylic acid groups (broad SMARTS) is 1. The zero-order valence-electron chi connectivity index (χ0n) is 14.9. The van der Waals surface area contributed by atoms with Crippen LogP contribution in [0.1, 0.15) is 21.5 Å². The van der Waals surface area contributed by atoms with Crippen LogP contribution in [0.15, 0.2) is 52.3 Å². The van der Waals surface area contributed by atoms with Crippen LogP contribution in [0.5, 0.6) is 0 Å². The molecule has 0 saturated carbocycles. The summed E-state index contributed by atoms with van der Waals surface area (Å²) in [6.07, 6.45) is 1.04. The predicted molar refractivity (Wildman–Crippen MR) is 100 cm³/mol. The number of rotatable bonds is 4. The molecule has 0 spiro atoms. The molecule has 0 atom stereocenters. The number of nitrogens with zero attached hydrogens (tertiary/aromatic N) is 1. The second kappa shape index (κ2) is 6.55. The van der Waals surface area contributed by atoms with E-state index in [0.29, 0.717) is 11.2 Å². The van der Waals surface area contributed by atoms with E-state index in [0.717, 1.165) is 21.6 Å². The van der Waals surface area contributed by atoms with Gasteiger partial charge in [-0.25, -0.2) is 8.42 Å².